The van der Waals surface area contributed by atoms with Crippen LogP contribution in [0.25, 0.3) is 11.3 Å². The zero-order chi connectivity index (χ0) is 9.97. The van der Waals surface area contributed by atoms with Crippen LogP contribution in [0.1, 0.15) is 0 Å². The van der Waals surface area contributed by atoms with Crippen molar-refractivity contribution in [3.8, 4) is 11.3 Å². The van der Waals surface area contributed by atoms with Gasteiger partial charge in [0.25, 0.3) is 0 Å². The molecule has 2 rings (SSSR count). The number of hydrogen-bond donors (Lipinski definition) is 0. The SMILES string of the molecule is [S-]c1nccc(-c2ccc(Cl)cc2)n1. The Kier molecular flexibility index (Phi) is 2.61. The highest BCUT2D eigenvalue weighted by atomic mass is 35.5. The summed E-state index contributed by atoms with van der Waals surface area (Å²) in [5.74, 6) is 0. The summed E-state index contributed by atoms with van der Waals surface area (Å²) in [6, 6.07) is 9.27. The summed E-state index contributed by atoms with van der Waals surface area (Å²) in [5.41, 5.74) is 1.81. The third-order valence-electron chi connectivity index (χ3n) is 1.77. The van der Waals surface area contributed by atoms with E-state index in [1.807, 2.05) is 30.3 Å². The Morgan fingerprint density at radius 3 is 2.43 bits per heavy atom. The van der Waals surface area contributed by atoms with Crippen molar-refractivity contribution in [3.05, 3.63) is 41.6 Å². The summed E-state index contributed by atoms with van der Waals surface area (Å²) < 4.78 is 0. The first-order valence-corrected chi connectivity index (χ1v) is 4.80. The van der Waals surface area contributed by atoms with Crippen molar-refractivity contribution in [1.29, 1.82) is 0 Å². The van der Waals surface area contributed by atoms with Gasteiger partial charge in [-0.1, -0.05) is 23.7 Å². The lowest BCUT2D eigenvalue weighted by Crippen LogP contribution is -1.88. The van der Waals surface area contributed by atoms with Crippen molar-refractivity contribution < 1.29 is 0 Å². The third-order valence-corrected chi connectivity index (χ3v) is 2.22. The second-order valence-corrected chi connectivity index (χ2v) is 3.53. The molecular formula is C10H6ClN2S-. The van der Waals surface area contributed by atoms with E-state index in [1.165, 1.54) is 0 Å². The van der Waals surface area contributed by atoms with Gasteiger partial charge in [0.2, 0.25) is 0 Å². The van der Waals surface area contributed by atoms with Crippen molar-refractivity contribution in [2.24, 2.45) is 0 Å². The lowest BCUT2D eigenvalue weighted by Gasteiger charge is -2.05. The molecule has 0 aliphatic carbocycles. The van der Waals surface area contributed by atoms with Crippen LogP contribution in [0.2, 0.25) is 5.02 Å². The average Bonchev–Trinajstić information content (AvgIpc) is 2.19. The third kappa shape index (κ3) is 2.00. The maximum atomic E-state index is 5.78. The zero-order valence-electron chi connectivity index (χ0n) is 7.14. The molecule has 0 atom stereocenters. The number of benzene rings is 1. The fourth-order valence-corrected chi connectivity index (χ4v) is 1.41. The lowest BCUT2D eigenvalue weighted by atomic mass is 10.1. The van der Waals surface area contributed by atoms with Gasteiger partial charge < -0.3 is 12.6 Å². The van der Waals surface area contributed by atoms with Gasteiger partial charge in [-0.3, -0.25) is 9.97 Å². The Bertz CT molecular complexity index is 442. The number of hydrogen-bond acceptors (Lipinski definition) is 3. The molecule has 0 unspecified atom stereocenters. The Morgan fingerprint density at radius 1 is 1.07 bits per heavy atom. The van der Waals surface area contributed by atoms with E-state index < -0.39 is 0 Å². The molecule has 1 aromatic carbocycles. The summed E-state index contributed by atoms with van der Waals surface area (Å²) in [4.78, 5) is 7.99. The molecule has 4 heteroatoms. The summed E-state index contributed by atoms with van der Waals surface area (Å²) in [5, 5.41) is 1.07. The van der Waals surface area contributed by atoms with Gasteiger partial charge in [-0.25, -0.2) is 0 Å². The van der Waals surface area contributed by atoms with Gasteiger partial charge in [0.05, 0.1) is 5.69 Å². The van der Waals surface area contributed by atoms with E-state index in [-0.39, 0.29) is 0 Å². The monoisotopic (exact) mass is 221 g/mol. The van der Waals surface area contributed by atoms with E-state index in [9.17, 15) is 0 Å². The Hall–Kier alpha value is -1.19. The van der Waals surface area contributed by atoms with Crippen LogP contribution in [0.15, 0.2) is 41.7 Å². The molecule has 0 aliphatic heterocycles. The summed E-state index contributed by atoms with van der Waals surface area (Å²) >= 11 is 10.7. The molecular weight excluding hydrogens is 216 g/mol. The molecule has 1 heterocycles. The quantitative estimate of drug-likeness (QED) is 0.547. The first-order chi connectivity index (χ1) is 6.75. The molecule has 14 heavy (non-hydrogen) atoms. The molecule has 1 aromatic heterocycles. The number of aromatic nitrogens is 2. The minimum Gasteiger partial charge on any atom is -0.740 e. The van der Waals surface area contributed by atoms with Gasteiger partial charge in [-0.05, 0) is 18.2 Å². The lowest BCUT2D eigenvalue weighted by molar-refractivity contribution is 0.979. The molecule has 0 saturated heterocycles. The van der Waals surface area contributed by atoms with Crippen LogP contribution in [0.3, 0.4) is 0 Å². The fraction of sp³-hybridized carbons (Fsp3) is 0. The predicted octanol–water partition coefficient (Wildman–Crippen LogP) is 2.70. The first kappa shape index (κ1) is 9.37. The zero-order valence-corrected chi connectivity index (χ0v) is 8.72. The molecule has 0 spiro atoms. The maximum Gasteiger partial charge on any atom is 0.0717 e. The van der Waals surface area contributed by atoms with Crippen LogP contribution in [0.4, 0.5) is 0 Å². The van der Waals surface area contributed by atoms with Crippen molar-refractivity contribution in [2.45, 2.75) is 5.16 Å². The van der Waals surface area contributed by atoms with E-state index in [0.717, 1.165) is 11.3 Å². The summed E-state index contributed by atoms with van der Waals surface area (Å²) in [6.07, 6.45) is 1.65. The number of rotatable bonds is 1. The molecule has 70 valence electrons. The van der Waals surface area contributed by atoms with Crippen molar-refractivity contribution in [2.75, 3.05) is 0 Å². The van der Waals surface area contributed by atoms with Gasteiger partial charge in [-0.2, -0.15) is 0 Å². The Morgan fingerprint density at radius 2 is 1.79 bits per heavy atom. The van der Waals surface area contributed by atoms with Gasteiger partial charge in [-0.15, -0.1) is 0 Å². The minimum absolute atomic E-state index is 0.359. The largest absolute Gasteiger partial charge is 0.740 e. The van der Waals surface area contributed by atoms with Crippen LogP contribution in [-0.4, -0.2) is 9.97 Å². The van der Waals surface area contributed by atoms with Crippen molar-refractivity contribution >= 4 is 24.2 Å². The highest BCUT2D eigenvalue weighted by Crippen LogP contribution is 2.18. The van der Waals surface area contributed by atoms with Gasteiger partial charge in [0, 0.05) is 21.9 Å². The van der Waals surface area contributed by atoms with E-state index in [4.69, 9.17) is 24.2 Å². The smallest absolute Gasteiger partial charge is 0.0717 e. The Labute approximate surface area is 92.4 Å². The molecule has 0 radical (unpaired) electrons. The molecule has 0 N–H and O–H groups in total. The second-order valence-electron chi connectivity index (χ2n) is 2.73. The van der Waals surface area contributed by atoms with Crippen LogP contribution in [0.5, 0.6) is 0 Å². The predicted molar refractivity (Wildman–Crippen MR) is 58.1 cm³/mol. The fourth-order valence-electron chi connectivity index (χ4n) is 1.12. The highest BCUT2D eigenvalue weighted by Gasteiger charge is 1.97. The normalized spacial score (nSPS) is 10.1. The Balaban J connectivity index is 2.44. The second kappa shape index (κ2) is 3.90. The molecule has 0 bridgehead atoms. The number of halogens is 1. The molecule has 0 aliphatic rings. The number of nitrogens with zero attached hydrogens (tertiary/aromatic N) is 2. The van der Waals surface area contributed by atoms with Crippen LogP contribution >= 0.6 is 11.6 Å². The van der Waals surface area contributed by atoms with E-state index in [1.54, 1.807) is 6.20 Å². The summed E-state index contributed by atoms with van der Waals surface area (Å²) in [6.45, 7) is 0. The molecule has 0 amide bonds. The van der Waals surface area contributed by atoms with E-state index >= 15 is 0 Å². The van der Waals surface area contributed by atoms with Gasteiger partial charge in [0.15, 0.2) is 0 Å². The molecule has 0 fully saturated rings. The maximum absolute atomic E-state index is 5.78. The highest BCUT2D eigenvalue weighted by molar-refractivity contribution is 7.58. The van der Waals surface area contributed by atoms with E-state index in [2.05, 4.69) is 9.97 Å². The first-order valence-electron chi connectivity index (χ1n) is 4.02. The standard InChI is InChI=1S/C10H7ClN2S/c11-8-3-1-7(2-4-8)9-5-6-12-10(14)13-9/h1-6H,(H,12,13,14)/p-1. The van der Waals surface area contributed by atoms with Crippen LogP contribution in [0, 0.1) is 0 Å². The topological polar surface area (TPSA) is 25.8 Å². The van der Waals surface area contributed by atoms with Crippen molar-refractivity contribution in [1.82, 2.24) is 9.97 Å². The van der Waals surface area contributed by atoms with Crippen molar-refractivity contribution in [3.63, 3.8) is 0 Å². The van der Waals surface area contributed by atoms with Crippen LogP contribution in [-0.2, 0) is 12.6 Å². The molecule has 2 nitrogen and oxygen atoms in total. The van der Waals surface area contributed by atoms with E-state index in [0.29, 0.717) is 10.2 Å². The average molecular weight is 222 g/mol. The van der Waals surface area contributed by atoms with Gasteiger partial charge in [0.1, 0.15) is 0 Å². The minimum atomic E-state index is 0.359. The van der Waals surface area contributed by atoms with Crippen LogP contribution < -0.4 is 0 Å². The molecule has 2 aromatic rings. The van der Waals surface area contributed by atoms with Gasteiger partial charge >= 0.3 is 0 Å². The summed E-state index contributed by atoms with van der Waals surface area (Å²) in [7, 11) is 0. The molecule has 0 saturated carbocycles.